The highest BCUT2D eigenvalue weighted by Gasteiger charge is 2.45. The Hall–Kier alpha value is -2.40. The van der Waals surface area contributed by atoms with Crippen molar-refractivity contribution in [3.05, 3.63) is 71.2 Å². The average Bonchev–Trinajstić information content (AvgIpc) is 2.59. The van der Waals surface area contributed by atoms with E-state index in [9.17, 15) is 10.0 Å². The van der Waals surface area contributed by atoms with Crippen LogP contribution in [0.15, 0.2) is 54.9 Å². The predicted molar refractivity (Wildman–Crippen MR) is 101 cm³/mol. The largest absolute Gasteiger partial charge is 0.619 e. The van der Waals surface area contributed by atoms with Gasteiger partial charge in [0, 0.05) is 37.3 Å². The Kier molecular flexibility index (Phi) is 4.76. The van der Waals surface area contributed by atoms with Crippen molar-refractivity contribution >= 4 is 5.91 Å². The van der Waals surface area contributed by atoms with E-state index in [1.54, 1.807) is 12.1 Å². The second-order valence-corrected chi connectivity index (χ2v) is 8.30. The summed E-state index contributed by atoms with van der Waals surface area (Å²) in [4.78, 5) is 17.5. The lowest BCUT2D eigenvalue weighted by Gasteiger charge is -2.55. The van der Waals surface area contributed by atoms with Gasteiger partial charge in [-0.25, -0.2) is 0 Å². The predicted octanol–water partition coefficient (Wildman–Crippen LogP) is 2.84. The van der Waals surface area contributed by atoms with Crippen LogP contribution in [-0.2, 0) is 6.54 Å². The van der Waals surface area contributed by atoms with Crippen LogP contribution in [0.1, 0.15) is 43.6 Å². The summed E-state index contributed by atoms with van der Waals surface area (Å²) in [6.07, 6.45) is 2.74. The van der Waals surface area contributed by atoms with E-state index >= 15 is 0 Å². The lowest BCUT2D eigenvalue weighted by Crippen LogP contribution is -2.68. The molecule has 1 amide bonds. The molecule has 5 nitrogen and oxygen atoms in total. The molecule has 26 heavy (non-hydrogen) atoms. The Bertz CT molecular complexity index is 770. The first-order chi connectivity index (χ1) is 12.2. The monoisotopic (exact) mass is 353 g/mol. The SMILES string of the molecule is CC1(C)CN(C(=O)c2cc[n+]([O-])cc2)C(C)(C)CN1Cc1ccccc1. The number of carbonyl (C=O) groups is 1. The first-order valence-electron chi connectivity index (χ1n) is 8.99. The minimum absolute atomic E-state index is 0.0250. The van der Waals surface area contributed by atoms with E-state index in [0.29, 0.717) is 16.8 Å². The van der Waals surface area contributed by atoms with Gasteiger partial charge in [-0.3, -0.25) is 9.69 Å². The molecule has 2 heterocycles. The Morgan fingerprint density at radius 1 is 1.00 bits per heavy atom. The molecular formula is C21H27N3O2. The quantitative estimate of drug-likeness (QED) is 0.630. The smallest absolute Gasteiger partial charge is 0.254 e. The molecule has 2 aromatic rings. The Morgan fingerprint density at radius 3 is 2.23 bits per heavy atom. The van der Waals surface area contributed by atoms with Gasteiger partial charge in [-0.1, -0.05) is 30.3 Å². The number of pyridine rings is 1. The highest BCUT2D eigenvalue weighted by molar-refractivity contribution is 5.94. The fraction of sp³-hybridized carbons (Fsp3) is 0.429. The van der Waals surface area contributed by atoms with Crippen molar-refractivity contribution in [2.45, 2.75) is 45.3 Å². The number of hydrogen-bond donors (Lipinski definition) is 0. The summed E-state index contributed by atoms with van der Waals surface area (Å²) in [6.45, 7) is 10.9. The van der Waals surface area contributed by atoms with Crippen molar-refractivity contribution in [3.63, 3.8) is 0 Å². The van der Waals surface area contributed by atoms with Crippen molar-refractivity contribution in [1.29, 1.82) is 0 Å². The van der Waals surface area contributed by atoms with E-state index in [2.05, 4.69) is 56.9 Å². The molecule has 5 heteroatoms. The molecular weight excluding hydrogens is 326 g/mol. The van der Waals surface area contributed by atoms with Crippen molar-refractivity contribution in [2.24, 2.45) is 0 Å². The van der Waals surface area contributed by atoms with Crippen LogP contribution in [0.4, 0.5) is 0 Å². The summed E-state index contributed by atoms with van der Waals surface area (Å²) in [5, 5.41) is 11.3. The number of hydrogen-bond acceptors (Lipinski definition) is 3. The van der Waals surface area contributed by atoms with E-state index in [4.69, 9.17) is 0 Å². The van der Waals surface area contributed by atoms with Gasteiger partial charge >= 0.3 is 0 Å². The molecule has 1 aromatic carbocycles. The van der Waals surface area contributed by atoms with E-state index in [0.717, 1.165) is 13.1 Å². The van der Waals surface area contributed by atoms with Crippen molar-refractivity contribution in [2.75, 3.05) is 13.1 Å². The Labute approximate surface area is 155 Å². The zero-order chi connectivity index (χ0) is 18.9. The van der Waals surface area contributed by atoms with Gasteiger partial charge in [0.15, 0.2) is 12.4 Å². The van der Waals surface area contributed by atoms with Crippen LogP contribution in [0.25, 0.3) is 0 Å². The number of carbonyl (C=O) groups excluding carboxylic acids is 1. The van der Waals surface area contributed by atoms with Crippen LogP contribution in [0, 0.1) is 5.21 Å². The number of nitrogens with zero attached hydrogens (tertiary/aromatic N) is 3. The van der Waals surface area contributed by atoms with Gasteiger partial charge in [0.25, 0.3) is 5.91 Å². The minimum Gasteiger partial charge on any atom is -0.619 e. The topological polar surface area (TPSA) is 50.5 Å². The summed E-state index contributed by atoms with van der Waals surface area (Å²) in [7, 11) is 0. The number of benzene rings is 1. The van der Waals surface area contributed by atoms with E-state index < -0.39 is 0 Å². The van der Waals surface area contributed by atoms with E-state index in [1.807, 2.05) is 11.0 Å². The van der Waals surface area contributed by atoms with Crippen LogP contribution in [0.2, 0.25) is 0 Å². The van der Waals surface area contributed by atoms with Crippen molar-refractivity contribution < 1.29 is 9.52 Å². The molecule has 0 atom stereocenters. The Morgan fingerprint density at radius 2 is 1.62 bits per heavy atom. The van der Waals surface area contributed by atoms with Crippen molar-refractivity contribution in [3.8, 4) is 0 Å². The second-order valence-electron chi connectivity index (χ2n) is 8.30. The molecule has 0 radical (unpaired) electrons. The molecule has 1 saturated heterocycles. The zero-order valence-corrected chi connectivity index (χ0v) is 16.0. The standard InChI is InChI=1S/C21H27N3O2/c1-20(2)16-24(19(25)18-10-12-23(26)13-11-18)21(3,4)15-22(20)14-17-8-6-5-7-9-17/h5-13H,14-16H2,1-4H3. The lowest BCUT2D eigenvalue weighted by atomic mass is 9.87. The first-order valence-corrected chi connectivity index (χ1v) is 8.99. The molecule has 1 aromatic heterocycles. The molecule has 1 aliphatic heterocycles. The third kappa shape index (κ3) is 3.73. The van der Waals surface area contributed by atoms with Gasteiger partial charge in [-0.2, -0.15) is 4.73 Å². The molecule has 0 saturated carbocycles. The highest BCUT2D eigenvalue weighted by Crippen LogP contribution is 2.33. The van der Waals surface area contributed by atoms with Crippen LogP contribution < -0.4 is 4.73 Å². The normalized spacial score (nSPS) is 19.3. The third-order valence-corrected chi connectivity index (χ3v) is 5.22. The van der Waals surface area contributed by atoms with E-state index in [1.165, 1.54) is 18.0 Å². The summed E-state index contributed by atoms with van der Waals surface area (Å²) < 4.78 is 0.698. The molecule has 0 unspecified atom stereocenters. The highest BCUT2D eigenvalue weighted by atomic mass is 16.5. The maximum atomic E-state index is 13.1. The van der Waals surface area contributed by atoms with Crippen molar-refractivity contribution in [1.82, 2.24) is 9.80 Å². The first kappa shape index (κ1) is 18.4. The molecule has 1 aliphatic rings. The fourth-order valence-corrected chi connectivity index (χ4v) is 3.60. The summed E-state index contributed by atoms with van der Waals surface area (Å²) in [5.41, 5.74) is 1.38. The summed E-state index contributed by atoms with van der Waals surface area (Å²) in [6, 6.07) is 13.6. The van der Waals surface area contributed by atoms with Gasteiger partial charge in [-0.15, -0.1) is 0 Å². The van der Waals surface area contributed by atoms with E-state index in [-0.39, 0.29) is 17.0 Å². The van der Waals surface area contributed by atoms with Crippen LogP contribution >= 0.6 is 0 Å². The maximum Gasteiger partial charge on any atom is 0.254 e. The maximum absolute atomic E-state index is 13.1. The van der Waals surface area contributed by atoms with Crippen LogP contribution in [0.5, 0.6) is 0 Å². The van der Waals surface area contributed by atoms with Gasteiger partial charge < -0.3 is 10.1 Å². The third-order valence-electron chi connectivity index (χ3n) is 5.22. The second kappa shape index (κ2) is 6.72. The summed E-state index contributed by atoms with van der Waals surface area (Å²) in [5.74, 6) is -0.0250. The summed E-state index contributed by atoms with van der Waals surface area (Å²) >= 11 is 0. The number of piperazine rings is 1. The molecule has 0 bridgehead atoms. The average molecular weight is 353 g/mol. The lowest BCUT2D eigenvalue weighted by molar-refractivity contribution is -0.605. The Balaban J connectivity index is 1.82. The van der Waals surface area contributed by atoms with Gasteiger partial charge in [0.1, 0.15) is 0 Å². The molecule has 1 fully saturated rings. The van der Waals surface area contributed by atoms with Gasteiger partial charge in [-0.05, 0) is 33.3 Å². The molecule has 138 valence electrons. The molecule has 3 rings (SSSR count). The minimum atomic E-state index is -0.301. The fourth-order valence-electron chi connectivity index (χ4n) is 3.60. The van der Waals surface area contributed by atoms with Crippen LogP contribution in [-0.4, -0.2) is 39.9 Å². The number of aromatic nitrogens is 1. The number of amides is 1. The molecule has 0 aliphatic carbocycles. The van der Waals surface area contributed by atoms with Gasteiger partial charge in [0.05, 0.1) is 11.1 Å². The van der Waals surface area contributed by atoms with Gasteiger partial charge in [0.2, 0.25) is 0 Å². The van der Waals surface area contributed by atoms with Crippen LogP contribution in [0.3, 0.4) is 0 Å². The molecule has 0 N–H and O–H groups in total. The zero-order valence-electron chi connectivity index (χ0n) is 16.0. The number of rotatable bonds is 3. The molecule has 0 spiro atoms.